The van der Waals surface area contributed by atoms with Crippen molar-refractivity contribution in [2.24, 2.45) is 5.73 Å². The van der Waals surface area contributed by atoms with Gasteiger partial charge in [0.25, 0.3) is 0 Å². The molecule has 2 N–H and O–H groups in total. The van der Waals surface area contributed by atoms with Gasteiger partial charge in [-0.1, -0.05) is 12.8 Å². The lowest BCUT2D eigenvalue weighted by molar-refractivity contribution is 0.282. The second kappa shape index (κ2) is 3.73. The second-order valence-electron chi connectivity index (χ2n) is 4.39. The van der Waals surface area contributed by atoms with Crippen LogP contribution in [0.4, 0.5) is 0 Å². The standard InChI is InChI=1S/C11H19N3/c1-8-7-9(2)14(13-8)11-6-4-3-5-10(11)12/h7,10-11H,3-6,12H2,1-2H3. The van der Waals surface area contributed by atoms with E-state index in [4.69, 9.17) is 5.73 Å². The topological polar surface area (TPSA) is 43.8 Å². The lowest BCUT2D eigenvalue weighted by atomic mass is 9.91. The highest BCUT2D eigenvalue weighted by molar-refractivity contribution is 5.08. The van der Waals surface area contributed by atoms with Crippen LogP contribution in [0.15, 0.2) is 6.07 Å². The molecule has 1 heterocycles. The summed E-state index contributed by atoms with van der Waals surface area (Å²) in [5, 5.41) is 4.52. The van der Waals surface area contributed by atoms with Crippen molar-refractivity contribution in [3.63, 3.8) is 0 Å². The van der Waals surface area contributed by atoms with Crippen LogP contribution in [0.2, 0.25) is 0 Å². The van der Waals surface area contributed by atoms with Gasteiger partial charge < -0.3 is 5.73 Å². The molecule has 14 heavy (non-hydrogen) atoms. The van der Waals surface area contributed by atoms with Crippen LogP contribution in [0.1, 0.15) is 43.1 Å². The summed E-state index contributed by atoms with van der Waals surface area (Å²) in [6.07, 6.45) is 4.89. The van der Waals surface area contributed by atoms with E-state index in [0.717, 1.165) is 12.1 Å². The van der Waals surface area contributed by atoms with E-state index in [1.54, 1.807) is 0 Å². The smallest absolute Gasteiger partial charge is 0.0673 e. The van der Waals surface area contributed by atoms with Gasteiger partial charge in [0.15, 0.2) is 0 Å². The highest BCUT2D eigenvalue weighted by Crippen LogP contribution is 2.27. The van der Waals surface area contributed by atoms with Crippen molar-refractivity contribution in [2.75, 3.05) is 0 Å². The summed E-state index contributed by atoms with van der Waals surface area (Å²) in [5.74, 6) is 0. The average molecular weight is 193 g/mol. The molecule has 1 fully saturated rings. The van der Waals surface area contributed by atoms with Crippen molar-refractivity contribution in [1.29, 1.82) is 0 Å². The Bertz CT molecular complexity index is 316. The van der Waals surface area contributed by atoms with Crippen molar-refractivity contribution in [1.82, 2.24) is 9.78 Å². The summed E-state index contributed by atoms with van der Waals surface area (Å²) < 4.78 is 2.12. The lowest BCUT2D eigenvalue weighted by Gasteiger charge is -2.29. The molecule has 3 nitrogen and oxygen atoms in total. The van der Waals surface area contributed by atoms with Gasteiger partial charge in [0.1, 0.15) is 0 Å². The van der Waals surface area contributed by atoms with Gasteiger partial charge in [0.05, 0.1) is 11.7 Å². The maximum atomic E-state index is 6.13. The minimum atomic E-state index is 0.293. The molecular weight excluding hydrogens is 174 g/mol. The molecule has 0 spiro atoms. The van der Waals surface area contributed by atoms with Gasteiger partial charge >= 0.3 is 0 Å². The predicted octanol–water partition coefficient (Wildman–Crippen LogP) is 1.94. The summed E-state index contributed by atoms with van der Waals surface area (Å²) in [5.41, 5.74) is 8.47. The molecule has 3 heteroatoms. The van der Waals surface area contributed by atoms with E-state index >= 15 is 0 Å². The fraction of sp³-hybridized carbons (Fsp3) is 0.727. The van der Waals surface area contributed by atoms with Crippen LogP contribution in [0.5, 0.6) is 0 Å². The number of rotatable bonds is 1. The SMILES string of the molecule is Cc1cc(C)n(C2CCCCC2N)n1. The molecule has 1 saturated carbocycles. The van der Waals surface area contributed by atoms with Gasteiger partial charge in [-0.15, -0.1) is 0 Å². The average Bonchev–Trinajstić information content (AvgIpc) is 2.46. The first-order valence-electron chi connectivity index (χ1n) is 5.47. The number of aromatic nitrogens is 2. The van der Waals surface area contributed by atoms with Crippen molar-refractivity contribution in [3.05, 3.63) is 17.5 Å². The van der Waals surface area contributed by atoms with Crippen molar-refractivity contribution in [3.8, 4) is 0 Å². The molecule has 2 unspecified atom stereocenters. The van der Waals surface area contributed by atoms with Gasteiger partial charge in [0, 0.05) is 11.7 Å². The molecule has 0 saturated heterocycles. The van der Waals surface area contributed by atoms with Crippen molar-refractivity contribution in [2.45, 2.75) is 51.6 Å². The molecule has 0 aliphatic heterocycles. The highest BCUT2D eigenvalue weighted by Gasteiger charge is 2.24. The predicted molar refractivity (Wildman–Crippen MR) is 57.2 cm³/mol. The maximum absolute atomic E-state index is 6.13. The number of nitrogens with two attached hydrogens (primary N) is 1. The zero-order valence-electron chi connectivity index (χ0n) is 9.03. The van der Waals surface area contributed by atoms with Crippen molar-refractivity contribution < 1.29 is 0 Å². The number of hydrogen-bond acceptors (Lipinski definition) is 2. The Labute approximate surface area is 85.3 Å². The summed E-state index contributed by atoms with van der Waals surface area (Å²) in [7, 11) is 0. The largest absolute Gasteiger partial charge is 0.326 e. The quantitative estimate of drug-likeness (QED) is 0.740. The molecule has 0 aromatic carbocycles. The molecular formula is C11H19N3. The van der Waals surface area contributed by atoms with E-state index in [1.807, 2.05) is 6.92 Å². The number of nitrogens with zero attached hydrogens (tertiary/aromatic N) is 2. The Balaban J connectivity index is 2.24. The Morgan fingerprint density at radius 2 is 2.07 bits per heavy atom. The first-order chi connectivity index (χ1) is 6.68. The molecule has 78 valence electrons. The van der Waals surface area contributed by atoms with E-state index in [-0.39, 0.29) is 0 Å². The Morgan fingerprint density at radius 3 is 2.64 bits per heavy atom. The Morgan fingerprint density at radius 1 is 1.36 bits per heavy atom. The van der Waals surface area contributed by atoms with E-state index in [1.165, 1.54) is 25.0 Å². The van der Waals surface area contributed by atoms with Gasteiger partial charge in [-0.25, -0.2) is 0 Å². The van der Waals surface area contributed by atoms with Crippen LogP contribution in [-0.2, 0) is 0 Å². The van der Waals surface area contributed by atoms with Gasteiger partial charge in [-0.3, -0.25) is 4.68 Å². The molecule has 0 amide bonds. The third-order valence-corrected chi connectivity index (χ3v) is 3.14. The van der Waals surface area contributed by atoms with Crippen LogP contribution in [0, 0.1) is 13.8 Å². The molecule has 1 aliphatic rings. The maximum Gasteiger partial charge on any atom is 0.0673 e. The third kappa shape index (κ3) is 1.69. The molecule has 2 atom stereocenters. The zero-order valence-corrected chi connectivity index (χ0v) is 9.03. The molecule has 2 rings (SSSR count). The second-order valence-corrected chi connectivity index (χ2v) is 4.39. The van der Waals surface area contributed by atoms with E-state index in [2.05, 4.69) is 22.8 Å². The monoisotopic (exact) mass is 193 g/mol. The fourth-order valence-electron chi connectivity index (χ4n) is 2.43. The van der Waals surface area contributed by atoms with Crippen LogP contribution in [-0.4, -0.2) is 15.8 Å². The highest BCUT2D eigenvalue weighted by atomic mass is 15.3. The van der Waals surface area contributed by atoms with E-state index in [0.29, 0.717) is 12.1 Å². The van der Waals surface area contributed by atoms with E-state index < -0.39 is 0 Å². The fourth-order valence-corrected chi connectivity index (χ4v) is 2.43. The minimum Gasteiger partial charge on any atom is -0.326 e. The van der Waals surface area contributed by atoms with E-state index in [9.17, 15) is 0 Å². The van der Waals surface area contributed by atoms with Crippen LogP contribution >= 0.6 is 0 Å². The Hall–Kier alpha value is -0.830. The number of hydrogen-bond donors (Lipinski definition) is 1. The van der Waals surface area contributed by atoms with Crippen molar-refractivity contribution >= 4 is 0 Å². The summed E-state index contributed by atoms with van der Waals surface area (Å²) in [4.78, 5) is 0. The van der Waals surface area contributed by atoms with Crippen LogP contribution in [0.3, 0.4) is 0 Å². The van der Waals surface area contributed by atoms with Crippen LogP contribution in [0.25, 0.3) is 0 Å². The summed E-state index contributed by atoms with van der Waals surface area (Å²) in [6.45, 7) is 4.15. The third-order valence-electron chi connectivity index (χ3n) is 3.14. The Kier molecular flexibility index (Phi) is 2.59. The minimum absolute atomic E-state index is 0.293. The molecule has 0 bridgehead atoms. The normalized spacial score (nSPS) is 27.9. The molecule has 1 aliphatic carbocycles. The van der Waals surface area contributed by atoms with Gasteiger partial charge in [-0.2, -0.15) is 5.10 Å². The molecule has 1 aromatic rings. The van der Waals surface area contributed by atoms with Gasteiger partial charge in [0.2, 0.25) is 0 Å². The molecule has 0 radical (unpaired) electrons. The zero-order chi connectivity index (χ0) is 10.1. The lowest BCUT2D eigenvalue weighted by Crippen LogP contribution is -2.35. The number of aryl methyl sites for hydroxylation is 2. The first-order valence-corrected chi connectivity index (χ1v) is 5.47. The molecule has 1 aromatic heterocycles. The first kappa shape index (κ1) is 9.71. The van der Waals surface area contributed by atoms with Gasteiger partial charge in [-0.05, 0) is 32.8 Å². The summed E-state index contributed by atoms with van der Waals surface area (Å²) in [6, 6.07) is 2.85. The van der Waals surface area contributed by atoms with Crippen LogP contribution < -0.4 is 5.73 Å². The summed E-state index contributed by atoms with van der Waals surface area (Å²) >= 11 is 0.